The van der Waals surface area contributed by atoms with E-state index in [0.717, 1.165) is 0 Å². The topological polar surface area (TPSA) is 43.4 Å². The molecule has 0 spiro atoms. The Kier molecular flexibility index (Phi) is 5.50. The van der Waals surface area contributed by atoms with Crippen molar-refractivity contribution in [1.29, 1.82) is 0 Å². The predicted octanol–water partition coefficient (Wildman–Crippen LogP) is 1.47. The second-order valence-corrected chi connectivity index (χ2v) is 2.76. The zero-order valence-electron chi connectivity index (χ0n) is 5.97. The van der Waals surface area contributed by atoms with E-state index in [1.165, 1.54) is 0 Å². The average Bonchev–Trinajstić information content (AvgIpc) is 1.99. The Balaban J connectivity index is 3.88. The third-order valence-corrected chi connectivity index (χ3v) is 1.71. The summed E-state index contributed by atoms with van der Waals surface area (Å²) in [4.78, 5) is 21.1. The van der Waals surface area contributed by atoms with Gasteiger partial charge in [0.25, 0.3) is 5.24 Å². The third-order valence-electron chi connectivity index (χ3n) is 1.01. The first-order chi connectivity index (χ1) is 5.11. The van der Waals surface area contributed by atoms with Gasteiger partial charge in [-0.1, -0.05) is 22.9 Å². The molecular weight excluding hydrogens is 235 g/mol. The first-order valence-electron chi connectivity index (χ1n) is 3.06. The van der Waals surface area contributed by atoms with Crippen molar-refractivity contribution in [3.8, 4) is 0 Å². The number of halogens is 2. The first-order valence-corrected chi connectivity index (χ1v) is 4.56. The van der Waals surface area contributed by atoms with Gasteiger partial charge in [0.15, 0.2) is 6.10 Å². The lowest BCUT2D eigenvalue weighted by molar-refractivity contribution is -0.150. The van der Waals surface area contributed by atoms with Crippen LogP contribution in [0.15, 0.2) is 0 Å². The van der Waals surface area contributed by atoms with Gasteiger partial charge in [0.05, 0.1) is 0 Å². The van der Waals surface area contributed by atoms with Crippen molar-refractivity contribution < 1.29 is 14.3 Å². The van der Waals surface area contributed by atoms with E-state index in [2.05, 4.69) is 20.7 Å². The Morgan fingerprint density at radius 1 is 1.64 bits per heavy atom. The maximum atomic E-state index is 10.6. The lowest BCUT2D eigenvalue weighted by Gasteiger charge is -2.09. The fourth-order valence-corrected chi connectivity index (χ4v) is 0.811. The second-order valence-electron chi connectivity index (χ2n) is 1.82. The molecule has 0 rings (SSSR count). The van der Waals surface area contributed by atoms with Crippen molar-refractivity contribution >= 4 is 38.7 Å². The molecule has 0 aromatic rings. The van der Waals surface area contributed by atoms with Gasteiger partial charge >= 0.3 is 5.97 Å². The van der Waals surface area contributed by atoms with Crippen LogP contribution < -0.4 is 0 Å². The second kappa shape index (κ2) is 5.55. The van der Waals surface area contributed by atoms with Gasteiger partial charge in [-0.25, -0.2) is 0 Å². The molecule has 0 aromatic carbocycles. The Hall–Kier alpha value is -0.0900. The van der Waals surface area contributed by atoms with Gasteiger partial charge in [0.1, 0.15) is 5.33 Å². The SMILES string of the molecule is CCC(OC(=O)CBr)C(=O)Cl. The fraction of sp³-hybridized carbons (Fsp3) is 0.667. The molecule has 0 aliphatic carbocycles. The van der Waals surface area contributed by atoms with Crippen molar-refractivity contribution in [2.45, 2.75) is 19.4 Å². The van der Waals surface area contributed by atoms with Crippen molar-refractivity contribution in [3.05, 3.63) is 0 Å². The summed E-state index contributed by atoms with van der Waals surface area (Å²) in [5.74, 6) is -0.481. The molecule has 0 saturated carbocycles. The molecule has 0 N–H and O–H groups in total. The van der Waals surface area contributed by atoms with Crippen molar-refractivity contribution in [1.82, 2.24) is 0 Å². The van der Waals surface area contributed by atoms with Gasteiger partial charge < -0.3 is 4.74 Å². The zero-order chi connectivity index (χ0) is 8.85. The number of rotatable bonds is 4. The minimum Gasteiger partial charge on any atom is -0.452 e. The molecule has 3 nitrogen and oxygen atoms in total. The summed E-state index contributed by atoms with van der Waals surface area (Å²) in [6.45, 7) is 1.71. The molecule has 0 amide bonds. The molecule has 0 saturated heterocycles. The quantitative estimate of drug-likeness (QED) is 0.427. The smallest absolute Gasteiger partial charge is 0.317 e. The van der Waals surface area contributed by atoms with Crippen molar-refractivity contribution in [2.24, 2.45) is 0 Å². The minimum absolute atomic E-state index is 0.0771. The molecule has 0 heterocycles. The van der Waals surface area contributed by atoms with E-state index in [9.17, 15) is 9.59 Å². The highest BCUT2D eigenvalue weighted by molar-refractivity contribution is 9.09. The monoisotopic (exact) mass is 242 g/mol. The van der Waals surface area contributed by atoms with E-state index in [0.29, 0.717) is 6.42 Å². The summed E-state index contributed by atoms with van der Waals surface area (Å²) in [5, 5.41) is -0.560. The van der Waals surface area contributed by atoms with Crippen LogP contribution in [0, 0.1) is 0 Å². The van der Waals surface area contributed by atoms with Gasteiger partial charge in [-0.3, -0.25) is 9.59 Å². The summed E-state index contributed by atoms with van der Waals surface area (Å²) in [6.07, 6.45) is -0.400. The molecule has 0 radical (unpaired) electrons. The molecular formula is C6H8BrClO3. The maximum Gasteiger partial charge on any atom is 0.317 e. The van der Waals surface area contributed by atoms with Crippen LogP contribution >= 0.6 is 27.5 Å². The predicted molar refractivity (Wildman–Crippen MR) is 44.8 cm³/mol. The highest BCUT2D eigenvalue weighted by atomic mass is 79.9. The summed E-state index contributed by atoms with van der Waals surface area (Å²) < 4.78 is 4.64. The van der Waals surface area contributed by atoms with Crippen LogP contribution in [-0.4, -0.2) is 22.6 Å². The summed E-state index contributed by atoms with van der Waals surface area (Å²) in [5.41, 5.74) is 0. The van der Waals surface area contributed by atoms with Crippen molar-refractivity contribution in [3.63, 3.8) is 0 Å². The molecule has 0 aliphatic heterocycles. The number of carbonyl (C=O) groups excluding carboxylic acids is 2. The van der Waals surface area contributed by atoms with Crippen LogP contribution in [0.2, 0.25) is 0 Å². The molecule has 1 unspecified atom stereocenters. The van der Waals surface area contributed by atoms with Crippen LogP contribution in [-0.2, 0) is 14.3 Å². The van der Waals surface area contributed by atoms with Crippen molar-refractivity contribution in [2.75, 3.05) is 5.33 Å². The standard InChI is InChI=1S/C6H8BrClO3/c1-2-4(6(8)10)11-5(9)3-7/h4H,2-3H2,1H3. The molecule has 1 atom stereocenters. The van der Waals surface area contributed by atoms with Gasteiger partial charge in [0.2, 0.25) is 0 Å². The minimum atomic E-state index is -0.804. The van der Waals surface area contributed by atoms with Crippen LogP contribution in [0.3, 0.4) is 0 Å². The number of hydrogen-bond acceptors (Lipinski definition) is 3. The van der Waals surface area contributed by atoms with Gasteiger partial charge in [-0.05, 0) is 18.0 Å². The summed E-state index contributed by atoms with van der Waals surface area (Å²) >= 11 is 8.01. The largest absolute Gasteiger partial charge is 0.452 e. The maximum absolute atomic E-state index is 10.6. The molecule has 0 bridgehead atoms. The van der Waals surface area contributed by atoms with E-state index in [1.54, 1.807) is 6.92 Å². The number of esters is 1. The molecule has 64 valence electrons. The number of carbonyl (C=O) groups is 2. The lowest BCUT2D eigenvalue weighted by Crippen LogP contribution is -2.23. The highest BCUT2D eigenvalue weighted by Crippen LogP contribution is 2.03. The first kappa shape index (κ1) is 10.9. The van der Waals surface area contributed by atoms with E-state index in [1.807, 2.05) is 0 Å². The lowest BCUT2D eigenvalue weighted by atomic mass is 10.3. The van der Waals surface area contributed by atoms with Gasteiger partial charge in [-0.15, -0.1) is 0 Å². The Bertz CT molecular complexity index is 160. The van der Waals surface area contributed by atoms with Crippen LogP contribution in [0.25, 0.3) is 0 Å². The summed E-state index contributed by atoms with van der Waals surface area (Å²) in [6, 6.07) is 0. The number of alkyl halides is 1. The molecule has 0 fully saturated rings. The molecule has 5 heteroatoms. The van der Waals surface area contributed by atoms with Crippen LogP contribution in [0.1, 0.15) is 13.3 Å². The highest BCUT2D eigenvalue weighted by Gasteiger charge is 2.17. The Morgan fingerprint density at radius 3 is 2.45 bits per heavy atom. The number of ether oxygens (including phenoxy) is 1. The van der Waals surface area contributed by atoms with E-state index in [4.69, 9.17) is 11.6 Å². The third kappa shape index (κ3) is 4.37. The molecule has 11 heavy (non-hydrogen) atoms. The van der Waals surface area contributed by atoms with E-state index in [-0.39, 0.29) is 5.33 Å². The average molecular weight is 243 g/mol. The van der Waals surface area contributed by atoms with Gasteiger partial charge in [-0.2, -0.15) is 0 Å². The fourth-order valence-electron chi connectivity index (χ4n) is 0.480. The Morgan fingerprint density at radius 2 is 2.18 bits per heavy atom. The van der Waals surface area contributed by atoms with Crippen LogP contribution in [0.4, 0.5) is 0 Å². The Labute approximate surface area is 78.2 Å². The van der Waals surface area contributed by atoms with E-state index >= 15 is 0 Å². The zero-order valence-corrected chi connectivity index (χ0v) is 8.31. The summed E-state index contributed by atoms with van der Waals surface area (Å²) in [7, 11) is 0. The normalized spacial score (nSPS) is 12.3. The van der Waals surface area contributed by atoms with E-state index < -0.39 is 17.3 Å². The number of hydrogen-bond donors (Lipinski definition) is 0. The molecule has 0 aliphatic rings. The van der Waals surface area contributed by atoms with Crippen LogP contribution in [0.5, 0.6) is 0 Å². The molecule has 0 aromatic heterocycles. The van der Waals surface area contributed by atoms with Gasteiger partial charge in [0, 0.05) is 0 Å².